The SMILES string of the molecule is OC(Cc1ccccc1)(c1ccccc1)c1ccccc1N=Cc1ccc2c(c1)OCO2. The molecule has 0 spiro atoms. The monoisotopic (exact) mass is 421 g/mol. The van der Waals surface area contributed by atoms with Crippen molar-refractivity contribution >= 4 is 11.9 Å². The van der Waals surface area contributed by atoms with Crippen molar-refractivity contribution in [1.82, 2.24) is 0 Å². The average Bonchev–Trinajstić information content (AvgIpc) is 3.32. The molecule has 5 rings (SSSR count). The van der Waals surface area contributed by atoms with Crippen molar-refractivity contribution in [3.05, 3.63) is 125 Å². The van der Waals surface area contributed by atoms with Crippen LogP contribution in [-0.4, -0.2) is 18.1 Å². The molecule has 0 saturated heterocycles. The Hall–Kier alpha value is -3.89. The van der Waals surface area contributed by atoms with Gasteiger partial charge in [0, 0.05) is 18.2 Å². The molecule has 1 heterocycles. The molecule has 0 bridgehead atoms. The van der Waals surface area contributed by atoms with Gasteiger partial charge < -0.3 is 14.6 Å². The van der Waals surface area contributed by atoms with Gasteiger partial charge in [0.15, 0.2) is 11.5 Å². The molecule has 0 aromatic heterocycles. The number of benzene rings is 4. The third-order valence-electron chi connectivity index (χ3n) is 5.65. The normalized spacial score (nSPS) is 14.4. The van der Waals surface area contributed by atoms with Gasteiger partial charge >= 0.3 is 0 Å². The van der Waals surface area contributed by atoms with E-state index in [4.69, 9.17) is 14.5 Å². The van der Waals surface area contributed by atoms with Crippen LogP contribution in [0.5, 0.6) is 11.5 Å². The topological polar surface area (TPSA) is 51.1 Å². The molecule has 32 heavy (non-hydrogen) atoms. The molecule has 1 aliphatic heterocycles. The summed E-state index contributed by atoms with van der Waals surface area (Å²) in [7, 11) is 0. The summed E-state index contributed by atoms with van der Waals surface area (Å²) in [5.74, 6) is 1.45. The minimum atomic E-state index is -1.23. The Morgan fingerprint density at radius 2 is 1.47 bits per heavy atom. The van der Waals surface area contributed by atoms with Crippen LogP contribution in [0.1, 0.15) is 22.3 Å². The fourth-order valence-corrected chi connectivity index (χ4v) is 4.03. The van der Waals surface area contributed by atoms with E-state index < -0.39 is 5.60 Å². The van der Waals surface area contributed by atoms with Crippen LogP contribution in [0.25, 0.3) is 0 Å². The Morgan fingerprint density at radius 1 is 0.781 bits per heavy atom. The first-order chi connectivity index (χ1) is 15.7. The molecule has 4 aromatic rings. The molecule has 0 saturated carbocycles. The predicted molar refractivity (Wildman–Crippen MR) is 126 cm³/mol. The molecule has 0 radical (unpaired) electrons. The van der Waals surface area contributed by atoms with Crippen molar-refractivity contribution in [1.29, 1.82) is 0 Å². The van der Waals surface area contributed by atoms with Crippen LogP contribution in [0.3, 0.4) is 0 Å². The van der Waals surface area contributed by atoms with Crippen molar-refractivity contribution in [2.24, 2.45) is 4.99 Å². The molecule has 0 fully saturated rings. The summed E-state index contributed by atoms with van der Waals surface area (Å²) >= 11 is 0. The zero-order valence-electron chi connectivity index (χ0n) is 17.5. The Balaban J connectivity index is 1.55. The Labute approximate surface area is 187 Å². The lowest BCUT2D eigenvalue weighted by atomic mass is 9.80. The first-order valence-electron chi connectivity index (χ1n) is 10.6. The van der Waals surface area contributed by atoms with Gasteiger partial charge in [0.25, 0.3) is 0 Å². The molecular weight excluding hydrogens is 398 g/mol. The standard InChI is InChI=1S/C28H23NO3/c30-28(23-11-5-2-6-12-23,18-21-9-3-1-4-10-21)24-13-7-8-14-25(24)29-19-22-15-16-26-27(17-22)32-20-31-26/h1-17,19,30H,18,20H2. The number of fused-ring (bicyclic) bond motifs is 1. The molecule has 4 heteroatoms. The summed E-state index contributed by atoms with van der Waals surface area (Å²) < 4.78 is 10.9. The minimum Gasteiger partial charge on any atom is -0.454 e. The molecule has 0 amide bonds. The lowest BCUT2D eigenvalue weighted by Crippen LogP contribution is -2.30. The highest BCUT2D eigenvalue weighted by atomic mass is 16.7. The maximum atomic E-state index is 12.1. The van der Waals surface area contributed by atoms with Crippen LogP contribution in [-0.2, 0) is 12.0 Å². The number of nitrogens with zero attached hydrogens (tertiary/aromatic N) is 1. The Bertz CT molecular complexity index is 1240. The van der Waals surface area contributed by atoms with E-state index in [-0.39, 0.29) is 6.79 Å². The number of hydrogen-bond acceptors (Lipinski definition) is 4. The molecule has 158 valence electrons. The van der Waals surface area contributed by atoms with Gasteiger partial charge in [-0.15, -0.1) is 0 Å². The van der Waals surface area contributed by atoms with Crippen LogP contribution in [0.4, 0.5) is 5.69 Å². The summed E-state index contributed by atoms with van der Waals surface area (Å²) in [6, 6.07) is 33.3. The first-order valence-corrected chi connectivity index (χ1v) is 10.6. The molecule has 0 aliphatic carbocycles. The van der Waals surface area contributed by atoms with Gasteiger partial charge in [-0.1, -0.05) is 78.9 Å². The van der Waals surface area contributed by atoms with Crippen LogP contribution in [0, 0.1) is 0 Å². The largest absolute Gasteiger partial charge is 0.454 e. The highest BCUT2D eigenvalue weighted by Crippen LogP contribution is 2.39. The van der Waals surface area contributed by atoms with Crippen molar-refractivity contribution in [3.8, 4) is 11.5 Å². The Morgan fingerprint density at radius 3 is 2.28 bits per heavy atom. The zero-order chi connectivity index (χ0) is 21.8. The van der Waals surface area contributed by atoms with E-state index in [1.165, 1.54) is 0 Å². The second-order valence-electron chi connectivity index (χ2n) is 7.78. The molecular formula is C28H23NO3. The molecule has 4 nitrogen and oxygen atoms in total. The van der Waals surface area contributed by atoms with E-state index in [2.05, 4.69) is 0 Å². The fraction of sp³-hybridized carbons (Fsp3) is 0.107. The highest BCUT2D eigenvalue weighted by molar-refractivity contribution is 5.83. The lowest BCUT2D eigenvalue weighted by molar-refractivity contribution is 0.0817. The molecule has 4 aromatic carbocycles. The van der Waals surface area contributed by atoms with E-state index in [1.54, 1.807) is 6.21 Å². The summed E-state index contributed by atoms with van der Waals surface area (Å²) in [6.45, 7) is 0.238. The number of hydrogen-bond donors (Lipinski definition) is 1. The van der Waals surface area contributed by atoms with Gasteiger partial charge in [-0.25, -0.2) is 0 Å². The Kier molecular flexibility index (Phi) is 5.44. The zero-order valence-corrected chi connectivity index (χ0v) is 17.5. The highest BCUT2D eigenvalue weighted by Gasteiger charge is 2.33. The third kappa shape index (κ3) is 4.01. The molecule has 1 aliphatic rings. The fourth-order valence-electron chi connectivity index (χ4n) is 4.03. The maximum Gasteiger partial charge on any atom is 0.231 e. The second-order valence-corrected chi connectivity index (χ2v) is 7.78. The van der Waals surface area contributed by atoms with E-state index in [0.29, 0.717) is 17.9 Å². The molecule has 1 unspecified atom stereocenters. The van der Waals surface area contributed by atoms with Crippen molar-refractivity contribution in [3.63, 3.8) is 0 Å². The van der Waals surface area contributed by atoms with Gasteiger partial charge in [-0.05, 0) is 41.0 Å². The van der Waals surface area contributed by atoms with Crippen molar-refractivity contribution < 1.29 is 14.6 Å². The molecule has 1 atom stereocenters. The van der Waals surface area contributed by atoms with E-state index in [0.717, 1.165) is 28.0 Å². The van der Waals surface area contributed by atoms with Crippen LogP contribution >= 0.6 is 0 Å². The van der Waals surface area contributed by atoms with Gasteiger partial charge in [-0.2, -0.15) is 0 Å². The second kappa shape index (κ2) is 8.69. The summed E-state index contributed by atoms with van der Waals surface area (Å²) in [5, 5.41) is 12.1. The predicted octanol–water partition coefficient (Wildman–Crippen LogP) is 5.64. The summed E-state index contributed by atoms with van der Waals surface area (Å²) in [5.41, 5.74) is 3.02. The van der Waals surface area contributed by atoms with Crippen molar-refractivity contribution in [2.45, 2.75) is 12.0 Å². The number of ether oxygens (including phenoxy) is 2. The van der Waals surface area contributed by atoms with Crippen LogP contribution in [0.15, 0.2) is 108 Å². The van der Waals surface area contributed by atoms with Gasteiger partial charge in [0.2, 0.25) is 6.79 Å². The van der Waals surface area contributed by atoms with Gasteiger partial charge in [-0.3, -0.25) is 4.99 Å². The molecule has 1 N–H and O–H groups in total. The number of aliphatic imine (C=N–C) groups is 1. The van der Waals surface area contributed by atoms with E-state index >= 15 is 0 Å². The maximum absolute atomic E-state index is 12.1. The smallest absolute Gasteiger partial charge is 0.231 e. The van der Waals surface area contributed by atoms with E-state index in [1.807, 2.05) is 103 Å². The number of aliphatic hydroxyl groups is 1. The van der Waals surface area contributed by atoms with Crippen LogP contribution in [0.2, 0.25) is 0 Å². The van der Waals surface area contributed by atoms with Crippen LogP contribution < -0.4 is 9.47 Å². The van der Waals surface area contributed by atoms with Gasteiger partial charge in [0.05, 0.1) is 5.69 Å². The minimum absolute atomic E-state index is 0.238. The van der Waals surface area contributed by atoms with E-state index in [9.17, 15) is 5.11 Å². The first kappa shape index (κ1) is 20.0. The van der Waals surface area contributed by atoms with Crippen molar-refractivity contribution in [2.75, 3.05) is 6.79 Å². The summed E-state index contributed by atoms with van der Waals surface area (Å²) in [4.78, 5) is 4.75. The van der Waals surface area contributed by atoms with Gasteiger partial charge in [0.1, 0.15) is 5.60 Å². The number of para-hydroxylation sites is 1. The quantitative estimate of drug-likeness (QED) is 0.410. The lowest BCUT2D eigenvalue weighted by Gasteiger charge is -2.30. The summed E-state index contributed by atoms with van der Waals surface area (Å²) in [6.07, 6.45) is 2.23. The number of rotatable bonds is 6. The average molecular weight is 421 g/mol. The third-order valence-corrected chi connectivity index (χ3v) is 5.65.